The van der Waals surface area contributed by atoms with Crippen LogP contribution >= 0.6 is 0 Å². The molecule has 0 spiro atoms. The lowest BCUT2D eigenvalue weighted by molar-refractivity contribution is -0.119. The second-order valence-corrected chi connectivity index (χ2v) is 11.0. The molecule has 5 fully saturated rings. The number of likely N-dealkylation sites (tertiary alicyclic amines) is 1. The van der Waals surface area contributed by atoms with E-state index in [4.69, 9.17) is 4.74 Å². The van der Waals surface area contributed by atoms with Crippen molar-refractivity contribution in [2.75, 3.05) is 11.9 Å². The van der Waals surface area contributed by atoms with Crippen LogP contribution in [0.5, 0.6) is 5.75 Å². The van der Waals surface area contributed by atoms with E-state index in [-0.39, 0.29) is 18.9 Å². The van der Waals surface area contributed by atoms with Crippen molar-refractivity contribution in [1.29, 1.82) is 0 Å². The molecule has 1 aliphatic heterocycles. The summed E-state index contributed by atoms with van der Waals surface area (Å²) in [6, 6.07) is 16.3. The molecule has 0 aromatic heterocycles. The third kappa shape index (κ3) is 3.98. The van der Waals surface area contributed by atoms with Gasteiger partial charge in [0.15, 0.2) is 0 Å². The van der Waals surface area contributed by atoms with Gasteiger partial charge in [-0.25, -0.2) is 4.79 Å². The highest BCUT2D eigenvalue weighted by molar-refractivity contribution is 5.97. The molecule has 178 valence electrons. The van der Waals surface area contributed by atoms with Crippen LogP contribution in [0.15, 0.2) is 54.6 Å². The van der Waals surface area contributed by atoms with Crippen molar-refractivity contribution in [2.45, 2.75) is 62.5 Å². The second kappa shape index (κ2) is 8.42. The van der Waals surface area contributed by atoms with Gasteiger partial charge in [0.1, 0.15) is 11.8 Å². The van der Waals surface area contributed by atoms with Gasteiger partial charge < -0.3 is 15.2 Å². The van der Waals surface area contributed by atoms with Gasteiger partial charge in [-0.2, -0.15) is 0 Å². The van der Waals surface area contributed by atoms with E-state index in [2.05, 4.69) is 17.4 Å². The molecule has 6 heteroatoms. The summed E-state index contributed by atoms with van der Waals surface area (Å²) in [5.41, 5.74) is 2.45. The fraction of sp³-hybridized carbons (Fsp3) is 0.500. The molecule has 0 radical (unpaired) electrons. The topological polar surface area (TPSA) is 78.9 Å². The molecular formula is C28H32N2O4. The van der Waals surface area contributed by atoms with Crippen LogP contribution in [0.3, 0.4) is 0 Å². The number of hydrogen-bond acceptors (Lipinski definition) is 4. The molecule has 0 unspecified atom stereocenters. The summed E-state index contributed by atoms with van der Waals surface area (Å²) in [6.07, 6.45) is 7.01. The highest BCUT2D eigenvalue weighted by atomic mass is 16.6. The molecule has 5 aliphatic rings. The monoisotopic (exact) mass is 460 g/mol. The van der Waals surface area contributed by atoms with Gasteiger partial charge in [0.2, 0.25) is 5.91 Å². The number of amides is 2. The molecule has 1 saturated heterocycles. The lowest BCUT2D eigenvalue weighted by Crippen LogP contribution is -2.48. The highest BCUT2D eigenvalue weighted by Gasteiger charge is 2.51. The molecule has 6 nitrogen and oxygen atoms in total. The number of nitrogens with zero attached hydrogens (tertiary/aromatic N) is 1. The van der Waals surface area contributed by atoms with E-state index < -0.39 is 18.2 Å². The standard InChI is InChI=1S/C28H32N2O4/c31-23-13-25(30(17-23)27(33)34-24-4-2-1-3-5-24)26(32)29-22-8-6-21(7-9-22)28-14-18-10-19(15-28)12-20(11-18)16-28/h1-9,18-20,23,25,31H,10-17H2,(H,29,32)/t18?,19?,20?,23-,25-,28?/m0/s1. The van der Waals surface area contributed by atoms with E-state index in [1.165, 1.54) is 49.0 Å². The van der Waals surface area contributed by atoms with Crippen molar-refractivity contribution in [2.24, 2.45) is 17.8 Å². The van der Waals surface area contributed by atoms with Crippen molar-refractivity contribution in [1.82, 2.24) is 4.90 Å². The van der Waals surface area contributed by atoms with E-state index in [9.17, 15) is 14.7 Å². The Kier molecular flexibility index (Phi) is 5.36. The third-order valence-electron chi connectivity index (χ3n) is 8.57. The molecule has 2 aromatic rings. The Balaban J connectivity index is 1.13. The van der Waals surface area contributed by atoms with Gasteiger partial charge in [0, 0.05) is 12.1 Å². The lowest BCUT2D eigenvalue weighted by atomic mass is 9.48. The summed E-state index contributed by atoms with van der Waals surface area (Å²) in [6.45, 7) is 0.0781. The minimum absolute atomic E-state index is 0.0781. The zero-order valence-corrected chi connectivity index (χ0v) is 19.4. The SMILES string of the molecule is O=C(Nc1ccc(C23CC4CC(CC(C4)C2)C3)cc1)[C@@H]1C[C@H](O)CN1C(=O)Oc1ccccc1. The minimum atomic E-state index is -0.769. The number of para-hydroxylation sites is 1. The molecule has 2 atom stereocenters. The Labute approximate surface area is 200 Å². The maximum Gasteiger partial charge on any atom is 0.416 e. The quantitative estimate of drug-likeness (QED) is 0.692. The van der Waals surface area contributed by atoms with Gasteiger partial charge in [-0.15, -0.1) is 0 Å². The normalized spacial score (nSPS) is 33.7. The summed E-state index contributed by atoms with van der Waals surface area (Å²) in [7, 11) is 0. The minimum Gasteiger partial charge on any atom is -0.410 e. The number of β-amino-alcohol motifs (C(OH)–C–C–N with tert-alkyl or cyclic N) is 1. The fourth-order valence-electron chi connectivity index (χ4n) is 7.51. The number of nitrogens with one attached hydrogen (secondary N) is 1. The van der Waals surface area contributed by atoms with Gasteiger partial charge >= 0.3 is 6.09 Å². The first kappa shape index (κ1) is 21.7. The zero-order chi connectivity index (χ0) is 23.3. The Morgan fingerprint density at radius 1 is 0.882 bits per heavy atom. The molecule has 2 amide bonds. The first-order valence-electron chi connectivity index (χ1n) is 12.6. The maximum atomic E-state index is 13.1. The predicted octanol–water partition coefficient (Wildman–Crippen LogP) is 4.73. The molecule has 1 heterocycles. The molecular weight excluding hydrogens is 428 g/mol. The van der Waals surface area contributed by atoms with Crippen LogP contribution in [-0.4, -0.2) is 40.7 Å². The van der Waals surface area contributed by atoms with Crippen molar-refractivity contribution < 1.29 is 19.4 Å². The summed E-state index contributed by atoms with van der Waals surface area (Å²) >= 11 is 0. The highest BCUT2D eigenvalue weighted by Crippen LogP contribution is 2.60. The number of rotatable bonds is 4. The van der Waals surface area contributed by atoms with Crippen LogP contribution in [0.25, 0.3) is 0 Å². The maximum absolute atomic E-state index is 13.1. The van der Waals surface area contributed by atoms with E-state index in [1.54, 1.807) is 24.3 Å². The summed E-state index contributed by atoms with van der Waals surface area (Å²) in [5, 5.41) is 13.1. The number of ether oxygens (including phenoxy) is 1. The van der Waals surface area contributed by atoms with Crippen LogP contribution in [0.4, 0.5) is 10.5 Å². The summed E-state index contributed by atoms with van der Waals surface area (Å²) < 4.78 is 5.41. The van der Waals surface area contributed by atoms with E-state index in [0.29, 0.717) is 11.2 Å². The Bertz CT molecular complexity index is 1030. The predicted molar refractivity (Wildman–Crippen MR) is 129 cm³/mol. The van der Waals surface area contributed by atoms with Gasteiger partial charge in [-0.3, -0.25) is 9.69 Å². The van der Waals surface area contributed by atoms with Gasteiger partial charge in [0.05, 0.1) is 12.6 Å². The van der Waals surface area contributed by atoms with Gasteiger partial charge in [0.25, 0.3) is 0 Å². The van der Waals surface area contributed by atoms with E-state index in [1.807, 2.05) is 18.2 Å². The molecule has 4 bridgehead atoms. The molecule has 7 rings (SSSR count). The zero-order valence-electron chi connectivity index (χ0n) is 19.4. The molecule has 34 heavy (non-hydrogen) atoms. The van der Waals surface area contributed by atoms with Crippen LogP contribution in [-0.2, 0) is 10.2 Å². The number of aliphatic hydroxyl groups is 1. The summed E-state index contributed by atoms with van der Waals surface area (Å²) in [4.78, 5) is 27.1. The average Bonchev–Trinajstić information content (AvgIpc) is 3.21. The molecule has 2 N–H and O–H groups in total. The van der Waals surface area contributed by atoms with E-state index in [0.717, 1.165) is 23.4 Å². The largest absolute Gasteiger partial charge is 0.416 e. The van der Waals surface area contributed by atoms with Crippen LogP contribution in [0.1, 0.15) is 50.5 Å². The Hall–Kier alpha value is -2.86. The van der Waals surface area contributed by atoms with Gasteiger partial charge in [-0.1, -0.05) is 30.3 Å². The van der Waals surface area contributed by atoms with Crippen LogP contribution < -0.4 is 10.1 Å². The smallest absolute Gasteiger partial charge is 0.410 e. The van der Waals surface area contributed by atoms with Gasteiger partial charge in [-0.05, 0) is 91.5 Å². The second-order valence-electron chi connectivity index (χ2n) is 11.0. The number of hydrogen-bond donors (Lipinski definition) is 2. The Morgan fingerprint density at radius 2 is 1.50 bits per heavy atom. The Morgan fingerprint density at radius 3 is 2.12 bits per heavy atom. The molecule has 4 aliphatic carbocycles. The fourth-order valence-corrected chi connectivity index (χ4v) is 7.51. The number of aliphatic hydroxyl groups excluding tert-OH is 1. The van der Waals surface area contributed by atoms with Crippen LogP contribution in [0, 0.1) is 17.8 Å². The van der Waals surface area contributed by atoms with Crippen molar-refractivity contribution in [3.63, 3.8) is 0 Å². The number of anilines is 1. The summed E-state index contributed by atoms with van der Waals surface area (Å²) in [5.74, 6) is 2.78. The molecule has 2 aromatic carbocycles. The van der Waals surface area contributed by atoms with Crippen molar-refractivity contribution in [3.05, 3.63) is 60.2 Å². The third-order valence-corrected chi connectivity index (χ3v) is 8.57. The van der Waals surface area contributed by atoms with Crippen molar-refractivity contribution in [3.8, 4) is 5.75 Å². The van der Waals surface area contributed by atoms with Crippen LogP contribution in [0.2, 0.25) is 0 Å². The lowest BCUT2D eigenvalue weighted by Gasteiger charge is -2.57. The number of carbonyl (C=O) groups is 2. The first-order chi connectivity index (χ1) is 16.5. The number of carbonyl (C=O) groups excluding carboxylic acids is 2. The first-order valence-corrected chi connectivity index (χ1v) is 12.6. The average molecular weight is 461 g/mol. The van der Waals surface area contributed by atoms with Crippen molar-refractivity contribution >= 4 is 17.7 Å². The number of benzene rings is 2. The molecule has 4 saturated carbocycles. The van der Waals surface area contributed by atoms with E-state index >= 15 is 0 Å².